The van der Waals surface area contributed by atoms with E-state index in [1.165, 1.54) is 0 Å². The summed E-state index contributed by atoms with van der Waals surface area (Å²) in [7, 11) is 0. The van der Waals surface area contributed by atoms with Crippen LogP contribution in [0, 0.1) is 6.92 Å². The summed E-state index contributed by atoms with van der Waals surface area (Å²) < 4.78 is 10.9. The van der Waals surface area contributed by atoms with Crippen LogP contribution in [0.15, 0.2) is 18.2 Å². The van der Waals surface area contributed by atoms with Crippen LogP contribution in [0.3, 0.4) is 0 Å². The number of esters is 1. The first-order chi connectivity index (χ1) is 9.60. The van der Waals surface area contributed by atoms with Crippen LogP contribution in [0.2, 0.25) is 0 Å². The molecular formula is C16H17NO3. The van der Waals surface area contributed by atoms with Gasteiger partial charge in [-0.1, -0.05) is 0 Å². The molecular weight excluding hydrogens is 254 g/mol. The van der Waals surface area contributed by atoms with Crippen molar-refractivity contribution >= 4 is 16.9 Å². The Balaban J connectivity index is 2.17. The number of aromatic nitrogens is 1. The molecule has 0 saturated carbocycles. The smallest absolute Gasteiger partial charge is 0.338 e. The molecule has 1 atom stereocenters. The molecule has 4 nitrogen and oxygen atoms in total. The lowest BCUT2D eigenvalue weighted by Gasteiger charge is -2.09. The maximum atomic E-state index is 11.8. The van der Waals surface area contributed by atoms with Crippen molar-refractivity contribution in [2.75, 3.05) is 6.61 Å². The van der Waals surface area contributed by atoms with Crippen LogP contribution >= 0.6 is 0 Å². The number of nitrogens with zero attached hydrogens (tertiary/aromatic N) is 1. The molecule has 1 aliphatic rings. The molecule has 0 spiro atoms. The van der Waals surface area contributed by atoms with E-state index in [0.717, 1.165) is 34.3 Å². The number of ether oxygens (including phenoxy) is 2. The van der Waals surface area contributed by atoms with Gasteiger partial charge in [0, 0.05) is 23.1 Å². The van der Waals surface area contributed by atoms with Gasteiger partial charge in [-0.25, -0.2) is 4.79 Å². The first-order valence-electron chi connectivity index (χ1n) is 6.87. The Morgan fingerprint density at radius 2 is 2.30 bits per heavy atom. The van der Waals surface area contributed by atoms with Crippen molar-refractivity contribution in [3.8, 4) is 5.75 Å². The van der Waals surface area contributed by atoms with Crippen molar-refractivity contribution in [1.82, 2.24) is 4.98 Å². The molecule has 0 bridgehead atoms. The van der Waals surface area contributed by atoms with Gasteiger partial charge < -0.3 is 9.47 Å². The fraction of sp³-hybridized carbons (Fsp3) is 0.375. The van der Waals surface area contributed by atoms with Gasteiger partial charge in [-0.15, -0.1) is 0 Å². The van der Waals surface area contributed by atoms with E-state index in [1.54, 1.807) is 13.0 Å². The van der Waals surface area contributed by atoms with Crippen molar-refractivity contribution in [1.29, 1.82) is 0 Å². The zero-order valence-corrected chi connectivity index (χ0v) is 11.9. The molecule has 1 aromatic carbocycles. The Hall–Kier alpha value is -2.10. The van der Waals surface area contributed by atoms with Crippen molar-refractivity contribution in [3.05, 3.63) is 35.0 Å². The Bertz CT molecular complexity index is 694. The fourth-order valence-corrected chi connectivity index (χ4v) is 2.64. The zero-order chi connectivity index (χ0) is 14.3. The van der Waals surface area contributed by atoms with Crippen LogP contribution < -0.4 is 4.74 Å². The summed E-state index contributed by atoms with van der Waals surface area (Å²) >= 11 is 0. The molecule has 0 amide bonds. The molecule has 0 saturated heterocycles. The lowest BCUT2D eigenvalue weighted by Crippen LogP contribution is -2.06. The highest BCUT2D eigenvalue weighted by Crippen LogP contribution is 2.37. The van der Waals surface area contributed by atoms with Crippen molar-refractivity contribution < 1.29 is 14.3 Å². The molecule has 1 aliphatic heterocycles. The molecule has 0 aliphatic carbocycles. The molecule has 0 N–H and O–H groups in total. The Labute approximate surface area is 117 Å². The average Bonchev–Trinajstić information content (AvgIpc) is 2.81. The second-order valence-corrected chi connectivity index (χ2v) is 5.09. The van der Waals surface area contributed by atoms with Crippen molar-refractivity contribution in [2.24, 2.45) is 0 Å². The number of rotatable bonds is 2. The first-order valence-corrected chi connectivity index (χ1v) is 6.87. The van der Waals surface area contributed by atoms with E-state index in [1.807, 2.05) is 26.0 Å². The maximum Gasteiger partial charge on any atom is 0.338 e. The summed E-state index contributed by atoms with van der Waals surface area (Å²) in [5, 5.41) is 0.889. The summed E-state index contributed by atoms with van der Waals surface area (Å²) in [5.41, 5.74) is 3.53. The second-order valence-electron chi connectivity index (χ2n) is 5.09. The van der Waals surface area contributed by atoms with Crippen LogP contribution in [-0.2, 0) is 11.2 Å². The van der Waals surface area contributed by atoms with Gasteiger partial charge in [0.05, 0.1) is 17.7 Å². The number of fused-ring (bicyclic) bond motifs is 3. The summed E-state index contributed by atoms with van der Waals surface area (Å²) in [6.45, 7) is 6.21. The van der Waals surface area contributed by atoms with Crippen LogP contribution in [0.5, 0.6) is 5.75 Å². The molecule has 1 aromatic heterocycles. The first kappa shape index (κ1) is 12.9. The van der Waals surface area contributed by atoms with Crippen molar-refractivity contribution in [2.45, 2.75) is 33.3 Å². The average molecular weight is 271 g/mol. The topological polar surface area (TPSA) is 48.4 Å². The van der Waals surface area contributed by atoms with E-state index in [-0.39, 0.29) is 12.1 Å². The van der Waals surface area contributed by atoms with Gasteiger partial charge >= 0.3 is 5.97 Å². The van der Waals surface area contributed by atoms with Crippen LogP contribution in [-0.4, -0.2) is 23.7 Å². The van der Waals surface area contributed by atoms with Crippen LogP contribution in [0.4, 0.5) is 0 Å². The Morgan fingerprint density at radius 3 is 3.05 bits per heavy atom. The quantitative estimate of drug-likeness (QED) is 0.788. The molecule has 0 fully saturated rings. The van der Waals surface area contributed by atoms with Gasteiger partial charge in [0.2, 0.25) is 0 Å². The highest BCUT2D eigenvalue weighted by atomic mass is 16.5. The molecule has 0 unspecified atom stereocenters. The van der Waals surface area contributed by atoms with E-state index in [9.17, 15) is 4.79 Å². The Kier molecular flexibility index (Phi) is 3.08. The lowest BCUT2D eigenvalue weighted by molar-refractivity contribution is 0.0526. The minimum absolute atomic E-state index is 0.155. The van der Waals surface area contributed by atoms with E-state index < -0.39 is 0 Å². The summed E-state index contributed by atoms with van der Waals surface area (Å²) in [5.74, 6) is 0.556. The highest BCUT2D eigenvalue weighted by molar-refractivity contribution is 5.97. The molecule has 2 aromatic rings. The minimum Gasteiger partial charge on any atom is -0.489 e. The summed E-state index contributed by atoms with van der Waals surface area (Å²) in [4.78, 5) is 16.4. The summed E-state index contributed by atoms with van der Waals surface area (Å²) in [6, 6.07) is 5.41. The second kappa shape index (κ2) is 4.78. The number of carbonyl (C=O) groups is 1. The fourth-order valence-electron chi connectivity index (χ4n) is 2.64. The monoisotopic (exact) mass is 271 g/mol. The van der Waals surface area contributed by atoms with E-state index in [2.05, 4.69) is 4.98 Å². The minimum atomic E-state index is -0.310. The van der Waals surface area contributed by atoms with Crippen molar-refractivity contribution in [3.63, 3.8) is 0 Å². The molecule has 0 radical (unpaired) electrons. The number of carbonyl (C=O) groups excluding carboxylic acids is 1. The number of aryl methyl sites for hydroxylation is 1. The number of benzene rings is 1. The third-order valence-electron chi connectivity index (χ3n) is 3.56. The standard InChI is InChI=1S/C16H17NO3/c1-4-19-16(18)11-5-6-14-13(8-11)15-12(10(3)17-14)7-9(2)20-15/h5-6,8-9H,4,7H2,1-3H3/t9-/m0/s1. The molecule has 20 heavy (non-hydrogen) atoms. The van der Waals surface area contributed by atoms with E-state index in [4.69, 9.17) is 9.47 Å². The summed E-state index contributed by atoms with van der Waals surface area (Å²) in [6.07, 6.45) is 1.02. The van der Waals surface area contributed by atoms with Crippen LogP contribution in [0.1, 0.15) is 35.5 Å². The third-order valence-corrected chi connectivity index (χ3v) is 3.56. The molecule has 3 rings (SSSR count). The number of pyridine rings is 1. The Morgan fingerprint density at radius 1 is 1.50 bits per heavy atom. The lowest BCUT2D eigenvalue weighted by atomic mass is 10.0. The van der Waals surface area contributed by atoms with E-state index >= 15 is 0 Å². The normalized spacial score (nSPS) is 16.9. The predicted molar refractivity (Wildman–Crippen MR) is 76.2 cm³/mol. The van der Waals surface area contributed by atoms with Gasteiger partial charge in [0.15, 0.2) is 0 Å². The van der Waals surface area contributed by atoms with Crippen LogP contribution in [0.25, 0.3) is 10.9 Å². The third kappa shape index (κ3) is 2.01. The van der Waals surface area contributed by atoms with E-state index in [0.29, 0.717) is 12.2 Å². The number of hydrogen-bond acceptors (Lipinski definition) is 4. The van der Waals surface area contributed by atoms with Gasteiger partial charge in [-0.05, 0) is 39.0 Å². The van der Waals surface area contributed by atoms with Gasteiger partial charge in [-0.3, -0.25) is 4.98 Å². The molecule has 2 heterocycles. The van der Waals surface area contributed by atoms with Gasteiger partial charge in [-0.2, -0.15) is 0 Å². The largest absolute Gasteiger partial charge is 0.489 e. The van der Waals surface area contributed by atoms with Gasteiger partial charge in [0.25, 0.3) is 0 Å². The molecule has 104 valence electrons. The maximum absolute atomic E-state index is 11.8. The number of hydrogen-bond donors (Lipinski definition) is 0. The zero-order valence-electron chi connectivity index (χ0n) is 11.9. The predicted octanol–water partition coefficient (Wildman–Crippen LogP) is 3.04. The SMILES string of the molecule is CCOC(=O)c1ccc2nc(C)c3c(c2c1)O[C@@H](C)C3. The highest BCUT2D eigenvalue weighted by Gasteiger charge is 2.25. The molecule has 4 heteroatoms. The van der Waals surface area contributed by atoms with Gasteiger partial charge in [0.1, 0.15) is 11.9 Å².